The predicted molar refractivity (Wildman–Crippen MR) is 110 cm³/mol. The van der Waals surface area contributed by atoms with E-state index in [1.165, 1.54) is 11.3 Å². The molecule has 29 heavy (non-hydrogen) atoms. The summed E-state index contributed by atoms with van der Waals surface area (Å²) >= 11 is 1.30. The van der Waals surface area contributed by atoms with Crippen molar-refractivity contribution in [2.24, 2.45) is 5.92 Å². The summed E-state index contributed by atoms with van der Waals surface area (Å²) in [5, 5.41) is 3.18. The zero-order valence-electron chi connectivity index (χ0n) is 16.1. The SMILES string of the molecule is COc1ccc2nc(NC(=O)[C@H](C(C)C)N3C(=O)c4ccccc4C3=O)sc2c1. The quantitative estimate of drug-likeness (QED) is 0.651. The third kappa shape index (κ3) is 3.25. The van der Waals surface area contributed by atoms with Gasteiger partial charge in [-0.2, -0.15) is 0 Å². The lowest BCUT2D eigenvalue weighted by Crippen LogP contribution is -2.50. The number of benzene rings is 2. The van der Waals surface area contributed by atoms with Crippen LogP contribution in [0.15, 0.2) is 42.5 Å². The number of fused-ring (bicyclic) bond motifs is 2. The molecule has 148 valence electrons. The van der Waals surface area contributed by atoms with Crippen molar-refractivity contribution in [3.05, 3.63) is 53.6 Å². The first-order valence-electron chi connectivity index (χ1n) is 9.13. The molecular formula is C21H19N3O4S. The van der Waals surface area contributed by atoms with Crippen LogP contribution in [0.4, 0.5) is 5.13 Å². The van der Waals surface area contributed by atoms with E-state index < -0.39 is 23.8 Å². The van der Waals surface area contributed by atoms with Crippen molar-refractivity contribution in [2.45, 2.75) is 19.9 Å². The van der Waals surface area contributed by atoms with Crippen LogP contribution in [0.3, 0.4) is 0 Å². The van der Waals surface area contributed by atoms with Crippen LogP contribution < -0.4 is 10.1 Å². The summed E-state index contributed by atoms with van der Waals surface area (Å²) in [6.45, 7) is 3.61. The number of aromatic nitrogens is 1. The van der Waals surface area contributed by atoms with E-state index in [4.69, 9.17) is 4.74 Å². The highest BCUT2D eigenvalue weighted by molar-refractivity contribution is 7.22. The summed E-state index contributed by atoms with van der Waals surface area (Å²) in [5.41, 5.74) is 1.37. The summed E-state index contributed by atoms with van der Waals surface area (Å²) in [6.07, 6.45) is 0. The fourth-order valence-corrected chi connectivity index (χ4v) is 4.34. The van der Waals surface area contributed by atoms with E-state index in [9.17, 15) is 14.4 Å². The van der Waals surface area contributed by atoms with Gasteiger partial charge in [-0.1, -0.05) is 37.3 Å². The second kappa shape index (κ2) is 7.29. The van der Waals surface area contributed by atoms with Crippen LogP contribution in [0.25, 0.3) is 10.2 Å². The number of imide groups is 1. The predicted octanol–water partition coefficient (Wildman–Crippen LogP) is 3.56. The van der Waals surface area contributed by atoms with Gasteiger partial charge >= 0.3 is 0 Å². The molecule has 1 N–H and O–H groups in total. The molecule has 1 aromatic heterocycles. The molecule has 0 saturated heterocycles. The van der Waals surface area contributed by atoms with E-state index in [-0.39, 0.29) is 5.92 Å². The topological polar surface area (TPSA) is 88.6 Å². The Balaban J connectivity index is 1.62. The third-order valence-corrected chi connectivity index (χ3v) is 5.76. The van der Waals surface area contributed by atoms with Gasteiger partial charge in [0.05, 0.1) is 28.5 Å². The molecule has 1 atom stereocenters. The molecule has 2 aromatic carbocycles. The second-order valence-corrected chi connectivity index (χ2v) is 8.09. The molecule has 0 spiro atoms. The average molecular weight is 409 g/mol. The molecule has 4 rings (SSSR count). The molecule has 0 saturated carbocycles. The molecule has 0 unspecified atom stereocenters. The van der Waals surface area contributed by atoms with Crippen molar-refractivity contribution in [3.63, 3.8) is 0 Å². The highest BCUT2D eigenvalue weighted by atomic mass is 32.1. The minimum Gasteiger partial charge on any atom is -0.497 e. The molecule has 2 heterocycles. The van der Waals surface area contributed by atoms with Crippen molar-refractivity contribution in [2.75, 3.05) is 12.4 Å². The minimum atomic E-state index is -0.941. The van der Waals surface area contributed by atoms with Crippen LogP contribution >= 0.6 is 11.3 Å². The lowest BCUT2D eigenvalue weighted by atomic mass is 10.0. The first-order valence-corrected chi connectivity index (χ1v) is 9.94. The van der Waals surface area contributed by atoms with Gasteiger partial charge in [0.2, 0.25) is 5.91 Å². The van der Waals surface area contributed by atoms with Gasteiger partial charge in [-0.15, -0.1) is 0 Å². The van der Waals surface area contributed by atoms with Gasteiger partial charge in [-0.3, -0.25) is 19.3 Å². The van der Waals surface area contributed by atoms with Crippen LogP contribution in [0.2, 0.25) is 0 Å². The molecule has 0 bridgehead atoms. The van der Waals surface area contributed by atoms with Gasteiger partial charge in [0, 0.05) is 0 Å². The Hall–Kier alpha value is -3.26. The number of amides is 3. The van der Waals surface area contributed by atoms with Gasteiger partial charge in [0.15, 0.2) is 5.13 Å². The van der Waals surface area contributed by atoms with Crippen LogP contribution in [0.5, 0.6) is 5.75 Å². The number of methoxy groups -OCH3 is 1. The van der Waals surface area contributed by atoms with E-state index in [1.807, 2.05) is 12.1 Å². The third-order valence-electron chi connectivity index (χ3n) is 4.83. The normalized spacial score (nSPS) is 14.4. The molecule has 0 fully saturated rings. The van der Waals surface area contributed by atoms with Gasteiger partial charge < -0.3 is 10.1 Å². The van der Waals surface area contributed by atoms with Gasteiger partial charge in [-0.05, 0) is 36.2 Å². The molecule has 8 heteroatoms. The van der Waals surface area contributed by atoms with Crippen molar-refractivity contribution in [1.29, 1.82) is 0 Å². The minimum absolute atomic E-state index is 0.272. The molecule has 7 nitrogen and oxygen atoms in total. The number of thiazole rings is 1. The monoisotopic (exact) mass is 409 g/mol. The maximum absolute atomic E-state index is 13.1. The molecule has 0 radical (unpaired) electrons. The summed E-state index contributed by atoms with van der Waals surface area (Å²) in [6, 6.07) is 11.1. The average Bonchev–Trinajstić information content (AvgIpc) is 3.21. The highest BCUT2D eigenvalue weighted by Gasteiger charge is 2.44. The lowest BCUT2D eigenvalue weighted by molar-refractivity contribution is -0.121. The number of nitrogens with zero attached hydrogens (tertiary/aromatic N) is 2. The maximum atomic E-state index is 13.1. The number of carbonyl (C=O) groups excluding carboxylic acids is 3. The smallest absolute Gasteiger partial charge is 0.262 e. The van der Waals surface area contributed by atoms with Crippen LogP contribution in [-0.2, 0) is 4.79 Å². The Morgan fingerprint density at radius 3 is 2.34 bits per heavy atom. The Morgan fingerprint density at radius 1 is 1.10 bits per heavy atom. The first kappa shape index (κ1) is 19.1. The molecule has 3 amide bonds. The van der Waals surface area contributed by atoms with Gasteiger partial charge in [0.25, 0.3) is 11.8 Å². The largest absolute Gasteiger partial charge is 0.497 e. The molecule has 0 aliphatic carbocycles. The van der Waals surface area contributed by atoms with E-state index in [1.54, 1.807) is 51.3 Å². The second-order valence-electron chi connectivity index (χ2n) is 7.06. The van der Waals surface area contributed by atoms with E-state index in [0.29, 0.717) is 22.0 Å². The standard InChI is InChI=1S/C21H19N3O4S/c1-11(2)17(24-19(26)13-6-4-5-7-14(13)20(24)27)18(25)23-21-22-15-9-8-12(28-3)10-16(15)29-21/h4-11,17H,1-3H3,(H,22,23,25)/t17-/m0/s1. The van der Waals surface area contributed by atoms with Crippen molar-refractivity contribution < 1.29 is 19.1 Å². The van der Waals surface area contributed by atoms with Crippen LogP contribution in [-0.4, -0.2) is 40.8 Å². The number of nitrogens with one attached hydrogen (secondary N) is 1. The number of hydrogen-bond donors (Lipinski definition) is 1. The van der Waals surface area contributed by atoms with E-state index in [0.717, 1.165) is 15.1 Å². The van der Waals surface area contributed by atoms with Crippen LogP contribution in [0, 0.1) is 5.92 Å². The molecule has 1 aliphatic rings. The van der Waals surface area contributed by atoms with Crippen molar-refractivity contribution in [3.8, 4) is 5.75 Å². The lowest BCUT2D eigenvalue weighted by Gasteiger charge is -2.27. The Kier molecular flexibility index (Phi) is 4.79. The summed E-state index contributed by atoms with van der Waals surface area (Å²) in [4.78, 5) is 44.2. The van der Waals surface area contributed by atoms with E-state index in [2.05, 4.69) is 10.3 Å². The zero-order valence-corrected chi connectivity index (χ0v) is 16.9. The molecule has 1 aliphatic heterocycles. The summed E-state index contributed by atoms with van der Waals surface area (Å²) < 4.78 is 6.08. The number of hydrogen-bond acceptors (Lipinski definition) is 6. The summed E-state index contributed by atoms with van der Waals surface area (Å²) in [7, 11) is 1.58. The summed E-state index contributed by atoms with van der Waals surface area (Å²) in [5.74, 6) is -0.917. The van der Waals surface area contributed by atoms with Gasteiger partial charge in [0.1, 0.15) is 11.8 Å². The molecular weight excluding hydrogens is 390 g/mol. The fraction of sp³-hybridized carbons (Fsp3) is 0.238. The maximum Gasteiger partial charge on any atom is 0.262 e. The Labute approximate surface area is 171 Å². The fourth-order valence-electron chi connectivity index (χ4n) is 3.44. The molecule has 3 aromatic rings. The Bertz CT molecular complexity index is 1100. The van der Waals surface area contributed by atoms with Crippen molar-refractivity contribution >= 4 is 44.4 Å². The van der Waals surface area contributed by atoms with Crippen LogP contribution in [0.1, 0.15) is 34.6 Å². The van der Waals surface area contributed by atoms with E-state index >= 15 is 0 Å². The Morgan fingerprint density at radius 2 is 1.76 bits per heavy atom. The van der Waals surface area contributed by atoms with Crippen molar-refractivity contribution in [1.82, 2.24) is 9.88 Å². The highest BCUT2D eigenvalue weighted by Crippen LogP contribution is 2.31. The number of rotatable bonds is 5. The number of anilines is 1. The van der Waals surface area contributed by atoms with Gasteiger partial charge in [-0.25, -0.2) is 4.98 Å². The number of carbonyl (C=O) groups is 3. The first-order chi connectivity index (χ1) is 13.9. The zero-order chi connectivity index (χ0) is 20.7. The number of ether oxygens (including phenoxy) is 1.